The highest BCUT2D eigenvalue weighted by Crippen LogP contribution is 2.30. The molecule has 2 amide bonds. The largest absolute Gasteiger partial charge is 0.337 e. The van der Waals surface area contributed by atoms with Crippen LogP contribution in [0.1, 0.15) is 29.6 Å². The lowest BCUT2D eigenvalue weighted by molar-refractivity contribution is -0.117. The van der Waals surface area contributed by atoms with Gasteiger partial charge in [-0.3, -0.25) is 9.59 Å². The third-order valence-corrected chi connectivity index (χ3v) is 3.84. The number of nitrogens with zero attached hydrogens (tertiary/aromatic N) is 1. The van der Waals surface area contributed by atoms with Crippen LogP contribution in [-0.2, 0) is 4.79 Å². The zero-order chi connectivity index (χ0) is 14.1. The van der Waals surface area contributed by atoms with Gasteiger partial charge < -0.3 is 16.0 Å². The number of hydrogen-bond acceptors (Lipinski definition) is 3. The molecule has 1 aliphatic carbocycles. The Bertz CT molecular complexity index is 545. The maximum absolute atomic E-state index is 12.3. The van der Waals surface area contributed by atoms with Gasteiger partial charge >= 0.3 is 0 Å². The maximum atomic E-state index is 12.3. The van der Waals surface area contributed by atoms with Gasteiger partial charge in [0.1, 0.15) is 0 Å². The van der Waals surface area contributed by atoms with E-state index in [1.165, 1.54) is 0 Å². The first kappa shape index (κ1) is 15.8. The number of carbonyl (C=O) groups is 2. The number of halogens is 1. The van der Waals surface area contributed by atoms with E-state index >= 15 is 0 Å². The number of nitrogens with one attached hydrogen (secondary N) is 1. The Kier molecular flexibility index (Phi) is 4.85. The molecule has 2 fully saturated rings. The molecule has 6 heteroatoms. The van der Waals surface area contributed by atoms with Crippen molar-refractivity contribution >= 4 is 29.9 Å². The van der Waals surface area contributed by atoms with Gasteiger partial charge in [-0.05, 0) is 37.5 Å². The number of carbonyl (C=O) groups excluding carboxylic acids is 2. The van der Waals surface area contributed by atoms with Crippen LogP contribution in [-0.4, -0.2) is 35.8 Å². The fourth-order valence-electron chi connectivity index (χ4n) is 2.47. The molecule has 1 heterocycles. The van der Waals surface area contributed by atoms with Gasteiger partial charge in [-0.25, -0.2) is 0 Å². The van der Waals surface area contributed by atoms with Crippen molar-refractivity contribution in [3.05, 3.63) is 29.8 Å². The Balaban J connectivity index is 0.00000161. The lowest BCUT2D eigenvalue weighted by Gasteiger charge is -2.16. The minimum Gasteiger partial charge on any atom is -0.337 e. The van der Waals surface area contributed by atoms with Crippen LogP contribution in [0.3, 0.4) is 0 Å². The van der Waals surface area contributed by atoms with Crippen molar-refractivity contribution in [2.45, 2.75) is 25.3 Å². The van der Waals surface area contributed by atoms with E-state index in [4.69, 9.17) is 5.73 Å². The summed E-state index contributed by atoms with van der Waals surface area (Å²) in [5.41, 5.74) is 7.12. The first-order valence-electron chi connectivity index (χ1n) is 7.09. The Labute approximate surface area is 130 Å². The van der Waals surface area contributed by atoms with E-state index in [9.17, 15) is 9.59 Å². The molecule has 1 atom stereocenters. The number of benzene rings is 1. The third-order valence-electron chi connectivity index (χ3n) is 3.84. The number of hydrogen-bond donors (Lipinski definition) is 2. The number of amides is 2. The van der Waals surface area contributed by atoms with Crippen LogP contribution in [0, 0.1) is 5.92 Å². The van der Waals surface area contributed by atoms with Gasteiger partial charge in [-0.1, -0.05) is 6.07 Å². The Morgan fingerprint density at radius 3 is 2.62 bits per heavy atom. The second kappa shape index (κ2) is 6.45. The van der Waals surface area contributed by atoms with Crippen molar-refractivity contribution < 1.29 is 9.59 Å². The predicted octanol–water partition coefficient (Wildman–Crippen LogP) is 1.63. The minimum absolute atomic E-state index is 0. The lowest BCUT2D eigenvalue weighted by Crippen LogP contribution is -2.31. The summed E-state index contributed by atoms with van der Waals surface area (Å²) in [6.07, 6.45) is 2.79. The van der Waals surface area contributed by atoms with Gasteiger partial charge in [0.2, 0.25) is 5.91 Å². The van der Waals surface area contributed by atoms with Crippen molar-refractivity contribution in [3.8, 4) is 0 Å². The summed E-state index contributed by atoms with van der Waals surface area (Å²) in [5, 5.41) is 2.86. The van der Waals surface area contributed by atoms with Gasteiger partial charge in [0.15, 0.2) is 0 Å². The quantitative estimate of drug-likeness (QED) is 0.891. The number of rotatable bonds is 3. The Morgan fingerprint density at radius 2 is 2.00 bits per heavy atom. The molecule has 114 valence electrons. The molecule has 1 aromatic carbocycles. The number of anilines is 1. The van der Waals surface area contributed by atoms with Crippen LogP contribution in [0.15, 0.2) is 24.3 Å². The first-order valence-corrected chi connectivity index (χ1v) is 7.09. The summed E-state index contributed by atoms with van der Waals surface area (Å²) in [6.45, 7) is 1.32. The van der Waals surface area contributed by atoms with Gasteiger partial charge in [-0.2, -0.15) is 0 Å². The van der Waals surface area contributed by atoms with Gasteiger partial charge in [0.05, 0.1) is 0 Å². The molecule has 0 unspecified atom stereocenters. The smallest absolute Gasteiger partial charge is 0.253 e. The van der Waals surface area contributed by atoms with E-state index in [-0.39, 0.29) is 36.2 Å². The Morgan fingerprint density at radius 1 is 1.24 bits per heavy atom. The molecule has 1 saturated carbocycles. The van der Waals surface area contributed by atoms with Gasteiger partial charge in [-0.15, -0.1) is 12.4 Å². The maximum Gasteiger partial charge on any atom is 0.253 e. The van der Waals surface area contributed by atoms with Crippen LogP contribution in [0.4, 0.5) is 5.69 Å². The molecule has 21 heavy (non-hydrogen) atoms. The second-order valence-corrected chi connectivity index (χ2v) is 5.64. The molecule has 1 saturated heterocycles. The zero-order valence-electron chi connectivity index (χ0n) is 11.7. The van der Waals surface area contributed by atoms with E-state index in [1.807, 2.05) is 6.07 Å². The van der Waals surface area contributed by atoms with Crippen molar-refractivity contribution in [1.29, 1.82) is 0 Å². The lowest BCUT2D eigenvalue weighted by atomic mass is 10.1. The minimum atomic E-state index is -0.0135. The molecule has 0 aromatic heterocycles. The summed E-state index contributed by atoms with van der Waals surface area (Å²) in [6, 6.07) is 7.21. The van der Waals surface area contributed by atoms with Crippen LogP contribution >= 0.6 is 12.4 Å². The van der Waals surface area contributed by atoms with Crippen molar-refractivity contribution in [1.82, 2.24) is 4.90 Å². The van der Waals surface area contributed by atoms with E-state index in [0.717, 1.165) is 19.3 Å². The average Bonchev–Trinajstić information content (AvgIpc) is 3.21. The topological polar surface area (TPSA) is 75.4 Å². The molecule has 0 bridgehead atoms. The molecular weight excluding hydrogens is 290 g/mol. The van der Waals surface area contributed by atoms with Crippen molar-refractivity contribution in [3.63, 3.8) is 0 Å². The number of nitrogens with two attached hydrogens (primary N) is 1. The summed E-state index contributed by atoms with van der Waals surface area (Å²) < 4.78 is 0. The first-order chi connectivity index (χ1) is 9.63. The van der Waals surface area contributed by atoms with E-state index < -0.39 is 0 Å². The van der Waals surface area contributed by atoms with Gasteiger partial charge in [0, 0.05) is 36.3 Å². The molecule has 1 aromatic rings. The fraction of sp³-hybridized carbons (Fsp3) is 0.467. The molecule has 3 N–H and O–H groups in total. The summed E-state index contributed by atoms with van der Waals surface area (Å²) in [5.74, 6) is 0.198. The normalized spacial score (nSPS) is 20.8. The van der Waals surface area contributed by atoms with Crippen LogP contribution < -0.4 is 11.1 Å². The number of likely N-dealkylation sites (tertiary alicyclic amines) is 1. The van der Waals surface area contributed by atoms with E-state index in [1.54, 1.807) is 23.1 Å². The summed E-state index contributed by atoms with van der Waals surface area (Å²) in [4.78, 5) is 25.8. The van der Waals surface area contributed by atoms with E-state index in [2.05, 4.69) is 5.32 Å². The predicted molar refractivity (Wildman–Crippen MR) is 83.5 cm³/mol. The fourth-order valence-corrected chi connectivity index (χ4v) is 2.47. The summed E-state index contributed by atoms with van der Waals surface area (Å²) >= 11 is 0. The highest BCUT2D eigenvalue weighted by Gasteiger charge is 2.30. The SMILES string of the molecule is Cl.N[C@@H]1CCN(C(=O)c2cccc(NC(=O)C3CC3)c2)C1. The standard InChI is InChI=1S/C15H19N3O2.ClH/c16-12-6-7-18(9-12)15(20)11-2-1-3-13(8-11)17-14(19)10-4-5-10;/h1-3,8,10,12H,4-7,9,16H2,(H,17,19);1H/t12-;/m1./s1. The van der Waals surface area contributed by atoms with Crippen molar-refractivity contribution in [2.75, 3.05) is 18.4 Å². The highest BCUT2D eigenvalue weighted by molar-refractivity contribution is 5.98. The van der Waals surface area contributed by atoms with Crippen LogP contribution in [0.25, 0.3) is 0 Å². The monoisotopic (exact) mass is 309 g/mol. The molecule has 2 aliphatic rings. The average molecular weight is 310 g/mol. The molecule has 1 aliphatic heterocycles. The molecule has 0 radical (unpaired) electrons. The molecule has 5 nitrogen and oxygen atoms in total. The molecule has 3 rings (SSSR count). The van der Waals surface area contributed by atoms with Crippen molar-refractivity contribution in [2.24, 2.45) is 11.7 Å². The van der Waals surface area contributed by atoms with Crippen LogP contribution in [0.2, 0.25) is 0 Å². The zero-order valence-corrected chi connectivity index (χ0v) is 12.6. The van der Waals surface area contributed by atoms with Crippen LogP contribution in [0.5, 0.6) is 0 Å². The van der Waals surface area contributed by atoms with Gasteiger partial charge in [0.25, 0.3) is 5.91 Å². The highest BCUT2D eigenvalue weighted by atomic mass is 35.5. The molecule has 0 spiro atoms. The Hall–Kier alpha value is -1.59. The molecular formula is C15H20ClN3O2. The third kappa shape index (κ3) is 3.74. The van der Waals surface area contributed by atoms with E-state index in [0.29, 0.717) is 24.3 Å². The summed E-state index contributed by atoms with van der Waals surface area (Å²) in [7, 11) is 0. The second-order valence-electron chi connectivity index (χ2n) is 5.64.